The van der Waals surface area contributed by atoms with E-state index in [4.69, 9.17) is 4.42 Å². The van der Waals surface area contributed by atoms with Gasteiger partial charge in [0.25, 0.3) is 0 Å². The average molecular weight is 447 g/mol. The number of aryl methyl sites for hydroxylation is 1. The van der Waals surface area contributed by atoms with Crippen molar-refractivity contribution in [1.82, 2.24) is 9.29 Å². The summed E-state index contributed by atoms with van der Waals surface area (Å²) >= 11 is 0. The zero-order valence-corrected chi connectivity index (χ0v) is 17.7. The molecule has 1 aliphatic carbocycles. The molecule has 2 aromatic carbocycles. The zero-order valence-electron chi connectivity index (χ0n) is 16.9. The van der Waals surface area contributed by atoms with Crippen molar-refractivity contribution in [2.45, 2.75) is 50.1 Å². The topological polar surface area (TPSA) is 110 Å². The molecule has 8 nitrogen and oxygen atoms in total. The van der Waals surface area contributed by atoms with Crippen LogP contribution < -0.4 is 15.8 Å². The number of oxazole rings is 1. The lowest BCUT2D eigenvalue weighted by molar-refractivity contribution is -0.116. The monoisotopic (exact) mass is 447 g/mol. The van der Waals surface area contributed by atoms with Crippen molar-refractivity contribution in [2.75, 3.05) is 5.32 Å². The van der Waals surface area contributed by atoms with Crippen LogP contribution in [0.3, 0.4) is 0 Å². The second-order valence-electron chi connectivity index (χ2n) is 7.70. The van der Waals surface area contributed by atoms with Crippen LogP contribution in [0.2, 0.25) is 0 Å². The van der Waals surface area contributed by atoms with Gasteiger partial charge in [-0.05, 0) is 49.6 Å². The first-order chi connectivity index (χ1) is 14.7. The van der Waals surface area contributed by atoms with Gasteiger partial charge < -0.3 is 9.73 Å². The van der Waals surface area contributed by atoms with E-state index in [9.17, 15) is 22.4 Å². The molecule has 31 heavy (non-hydrogen) atoms. The predicted molar refractivity (Wildman–Crippen MR) is 113 cm³/mol. The number of nitrogens with zero attached hydrogens (tertiary/aromatic N) is 1. The number of aromatic nitrogens is 1. The van der Waals surface area contributed by atoms with E-state index in [1.165, 1.54) is 30.3 Å². The van der Waals surface area contributed by atoms with E-state index in [2.05, 4.69) is 10.0 Å². The number of benzene rings is 2. The lowest BCUT2D eigenvalue weighted by atomic mass is 10.2. The van der Waals surface area contributed by atoms with E-state index in [1.807, 2.05) is 0 Å². The Kier molecular flexibility index (Phi) is 5.67. The molecule has 164 valence electrons. The molecule has 10 heteroatoms. The van der Waals surface area contributed by atoms with Crippen LogP contribution in [0.5, 0.6) is 0 Å². The van der Waals surface area contributed by atoms with Crippen molar-refractivity contribution in [3.63, 3.8) is 0 Å². The number of halogens is 1. The smallest absolute Gasteiger partial charge is 0.408 e. The Morgan fingerprint density at radius 3 is 2.65 bits per heavy atom. The third-order valence-corrected chi connectivity index (χ3v) is 6.90. The number of amides is 1. The average Bonchev–Trinajstić information content (AvgIpc) is 3.32. The first kappa shape index (κ1) is 21.3. The molecule has 1 aliphatic rings. The van der Waals surface area contributed by atoms with Gasteiger partial charge in [0.1, 0.15) is 12.4 Å². The lowest BCUT2D eigenvalue weighted by Gasteiger charge is -2.12. The molecule has 0 spiro atoms. The molecule has 0 saturated heterocycles. The summed E-state index contributed by atoms with van der Waals surface area (Å²) in [4.78, 5) is 24.6. The van der Waals surface area contributed by atoms with Crippen LogP contribution in [0.1, 0.15) is 31.2 Å². The van der Waals surface area contributed by atoms with Crippen LogP contribution in [0, 0.1) is 12.7 Å². The Labute approximate surface area is 178 Å². The van der Waals surface area contributed by atoms with E-state index in [0.717, 1.165) is 30.3 Å². The van der Waals surface area contributed by atoms with Crippen molar-refractivity contribution in [3.05, 3.63) is 58.3 Å². The summed E-state index contributed by atoms with van der Waals surface area (Å²) in [6.45, 7) is 1.24. The van der Waals surface area contributed by atoms with Crippen molar-refractivity contribution >= 4 is 32.7 Å². The van der Waals surface area contributed by atoms with E-state index in [1.54, 1.807) is 13.0 Å². The highest BCUT2D eigenvalue weighted by Gasteiger charge is 2.24. The second kappa shape index (κ2) is 8.27. The van der Waals surface area contributed by atoms with Gasteiger partial charge in [0.05, 0.1) is 10.4 Å². The third kappa shape index (κ3) is 4.54. The molecule has 0 aliphatic heterocycles. The predicted octanol–water partition coefficient (Wildman–Crippen LogP) is 2.90. The molecule has 2 N–H and O–H groups in total. The number of rotatable bonds is 6. The number of sulfonamides is 1. The maximum Gasteiger partial charge on any atom is 0.420 e. The number of anilines is 1. The fourth-order valence-electron chi connectivity index (χ4n) is 3.71. The van der Waals surface area contributed by atoms with Gasteiger partial charge in [-0.25, -0.2) is 22.3 Å². The van der Waals surface area contributed by atoms with Gasteiger partial charge >= 0.3 is 5.76 Å². The third-order valence-electron chi connectivity index (χ3n) is 5.38. The molecule has 0 atom stereocenters. The highest BCUT2D eigenvalue weighted by Crippen LogP contribution is 2.23. The molecular weight excluding hydrogens is 425 g/mol. The van der Waals surface area contributed by atoms with Gasteiger partial charge in [-0.15, -0.1) is 0 Å². The van der Waals surface area contributed by atoms with E-state index >= 15 is 0 Å². The largest absolute Gasteiger partial charge is 0.420 e. The fourth-order valence-corrected chi connectivity index (χ4v) is 5.03. The number of carbonyl (C=O) groups excluding carboxylic acids is 1. The summed E-state index contributed by atoms with van der Waals surface area (Å²) in [5.74, 6) is -1.80. The van der Waals surface area contributed by atoms with Gasteiger partial charge in [0.15, 0.2) is 5.58 Å². The van der Waals surface area contributed by atoms with Gasteiger partial charge in [0, 0.05) is 17.8 Å². The van der Waals surface area contributed by atoms with Crippen LogP contribution in [0.15, 0.2) is 50.5 Å². The quantitative estimate of drug-likeness (QED) is 0.604. The van der Waals surface area contributed by atoms with Gasteiger partial charge in [0.2, 0.25) is 15.9 Å². The number of carbonyl (C=O) groups is 1. The van der Waals surface area contributed by atoms with Crippen molar-refractivity contribution in [2.24, 2.45) is 0 Å². The number of hydrogen-bond acceptors (Lipinski definition) is 5. The van der Waals surface area contributed by atoms with Crippen LogP contribution >= 0.6 is 0 Å². The minimum Gasteiger partial charge on any atom is -0.408 e. The molecule has 1 saturated carbocycles. The number of hydrogen-bond donors (Lipinski definition) is 2. The molecule has 1 fully saturated rings. The summed E-state index contributed by atoms with van der Waals surface area (Å²) in [5.41, 5.74) is 1.06. The van der Waals surface area contributed by atoms with Crippen molar-refractivity contribution in [3.8, 4) is 0 Å². The van der Waals surface area contributed by atoms with E-state index < -0.39 is 27.5 Å². The summed E-state index contributed by atoms with van der Waals surface area (Å²) < 4.78 is 47.8. The fraction of sp³-hybridized carbons (Fsp3) is 0.333. The minimum atomic E-state index is -3.75. The van der Waals surface area contributed by atoms with Crippen LogP contribution in [0.4, 0.5) is 10.1 Å². The summed E-state index contributed by atoms with van der Waals surface area (Å²) in [6.07, 6.45) is 3.57. The SMILES string of the molecule is Cc1ccc(NC(=O)Cn2c(=O)oc3cc(S(=O)(=O)NC4CCCC4)ccc32)cc1F. The normalized spacial score (nSPS) is 14.9. The summed E-state index contributed by atoms with van der Waals surface area (Å²) in [5, 5.41) is 2.53. The van der Waals surface area contributed by atoms with Crippen molar-refractivity contribution < 1.29 is 22.0 Å². The van der Waals surface area contributed by atoms with Crippen LogP contribution in [-0.2, 0) is 21.4 Å². The maximum atomic E-state index is 13.7. The highest BCUT2D eigenvalue weighted by molar-refractivity contribution is 7.89. The molecule has 3 aromatic rings. The Morgan fingerprint density at radius 2 is 1.94 bits per heavy atom. The molecular formula is C21H22FN3O5S. The summed E-state index contributed by atoms with van der Waals surface area (Å²) in [6, 6.07) is 8.27. The molecule has 1 amide bonds. The Balaban J connectivity index is 1.55. The molecule has 4 rings (SSSR count). The Bertz CT molecular complexity index is 1310. The number of fused-ring (bicyclic) bond motifs is 1. The number of nitrogens with one attached hydrogen (secondary N) is 2. The maximum absolute atomic E-state index is 13.7. The molecule has 1 aromatic heterocycles. The first-order valence-electron chi connectivity index (χ1n) is 9.95. The first-order valence-corrected chi connectivity index (χ1v) is 11.4. The van der Waals surface area contributed by atoms with Gasteiger partial charge in [-0.2, -0.15) is 0 Å². The lowest BCUT2D eigenvalue weighted by Crippen LogP contribution is -2.32. The highest BCUT2D eigenvalue weighted by atomic mass is 32.2. The second-order valence-corrected chi connectivity index (χ2v) is 9.41. The van der Waals surface area contributed by atoms with E-state index in [-0.39, 0.29) is 34.3 Å². The molecule has 0 bridgehead atoms. The van der Waals surface area contributed by atoms with Crippen LogP contribution in [-0.4, -0.2) is 24.9 Å². The zero-order chi connectivity index (χ0) is 22.2. The molecule has 0 unspecified atom stereocenters. The molecule has 1 heterocycles. The summed E-state index contributed by atoms with van der Waals surface area (Å²) in [7, 11) is -3.75. The Morgan fingerprint density at radius 1 is 1.19 bits per heavy atom. The van der Waals surface area contributed by atoms with Gasteiger partial charge in [-0.1, -0.05) is 18.9 Å². The van der Waals surface area contributed by atoms with Gasteiger partial charge in [-0.3, -0.25) is 9.36 Å². The Hall–Kier alpha value is -2.98. The minimum absolute atomic E-state index is 0.00705. The molecule has 0 radical (unpaired) electrons. The van der Waals surface area contributed by atoms with E-state index in [0.29, 0.717) is 5.56 Å². The standard InChI is InChI=1S/C21H22FN3O5S/c1-13-6-7-15(10-17(13)22)23-20(26)12-25-18-9-8-16(11-19(18)30-21(25)27)31(28,29)24-14-4-2-3-5-14/h6-11,14,24H,2-5,12H2,1H3,(H,23,26). The van der Waals surface area contributed by atoms with Crippen LogP contribution in [0.25, 0.3) is 11.1 Å². The van der Waals surface area contributed by atoms with Crippen molar-refractivity contribution in [1.29, 1.82) is 0 Å².